The first-order chi connectivity index (χ1) is 18.0. The fourth-order valence-electron chi connectivity index (χ4n) is 6.08. The highest BCUT2D eigenvalue weighted by Crippen LogP contribution is 2.35. The predicted octanol–water partition coefficient (Wildman–Crippen LogP) is 5.00. The van der Waals surface area contributed by atoms with Crippen LogP contribution < -0.4 is 4.74 Å². The van der Waals surface area contributed by atoms with Crippen LogP contribution in [0.1, 0.15) is 68.2 Å². The lowest BCUT2D eigenvalue weighted by Crippen LogP contribution is -2.48. The van der Waals surface area contributed by atoms with Gasteiger partial charge in [0.05, 0.1) is 31.0 Å². The number of aliphatic hydroxyl groups excluding tert-OH is 1. The van der Waals surface area contributed by atoms with E-state index in [4.69, 9.17) is 21.1 Å². The molecule has 37 heavy (non-hydrogen) atoms. The van der Waals surface area contributed by atoms with Crippen LogP contribution in [0.3, 0.4) is 0 Å². The van der Waals surface area contributed by atoms with Gasteiger partial charge in [-0.25, -0.2) is 0 Å². The van der Waals surface area contributed by atoms with Gasteiger partial charge < -0.3 is 19.5 Å². The highest BCUT2D eigenvalue weighted by atomic mass is 35.5. The molecule has 0 unspecified atom stereocenters. The number of rotatable bonds is 8. The second-order valence-corrected chi connectivity index (χ2v) is 11.1. The number of carbonyl (C=O) groups is 1. The number of benzene rings is 2. The number of aliphatic hydroxyl groups is 1. The number of hydrogen-bond donors (Lipinski definition) is 1. The summed E-state index contributed by atoms with van der Waals surface area (Å²) in [5.41, 5.74) is 3.24. The van der Waals surface area contributed by atoms with Crippen LogP contribution in [-0.2, 0) is 16.0 Å². The SMILES string of the molecule is CCOc1ccc(Cc2cc([C@H]3C[C@@H](O)C[C@@H](CN4CCC[C@H]4C(=O)N4CCCC4)O3)ccc2Cl)cc1. The Balaban J connectivity index is 1.25. The highest BCUT2D eigenvalue weighted by Gasteiger charge is 2.38. The molecule has 3 heterocycles. The van der Waals surface area contributed by atoms with E-state index in [1.54, 1.807) is 0 Å². The Hall–Kier alpha value is -2.12. The second-order valence-electron chi connectivity index (χ2n) is 10.7. The molecule has 0 bridgehead atoms. The maximum atomic E-state index is 13.1. The van der Waals surface area contributed by atoms with Gasteiger partial charge in [0, 0.05) is 37.5 Å². The summed E-state index contributed by atoms with van der Waals surface area (Å²) in [4.78, 5) is 17.4. The highest BCUT2D eigenvalue weighted by molar-refractivity contribution is 6.31. The Morgan fingerprint density at radius 1 is 1.08 bits per heavy atom. The van der Waals surface area contributed by atoms with Crippen LogP contribution in [0.4, 0.5) is 0 Å². The molecule has 3 fully saturated rings. The molecule has 6 nitrogen and oxygen atoms in total. The van der Waals surface area contributed by atoms with E-state index in [1.807, 2.05) is 36.1 Å². The van der Waals surface area contributed by atoms with Gasteiger partial charge in [-0.15, -0.1) is 0 Å². The van der Waals surface area contributed by atoms with Crippen molar-refractivity contribution in [3.05, 3.63) is 64.2 Å². The van der Waals surface area contributed by atoms with Crippen molar-refractivity contribution >= 4 is 17.5 Å². The van der Waals surface area contributed by atoms with Crippen LogP contribution in [0.2, 0.25) is 5.02 Å². The molecule has 3 aliphatic heterocycles. The first kappa shape index (κ1) is 26.5. The maximum absolute atomic E-state index is 13.1. The van der Waals surface area contributed by atoms with Crippen molar-refractivity contribution in [3.8, 4) is 5.75 Å². The largest absolute Gasteiger partial charge is 0.494 e. The zero-order valence-corrected chi connectivity index (χ0v) is 22.5. The third-order valence-electron chi connectivity index (χ3n) is 7.95. The minimum atomic E-state index is -0.427. The number of likely N-dealkylation sites (tertiary alicyclic amines) is 2. The third-order valence-corrected chi connectivity index (χ3v) is 8.32. The Labute approximate surface area is 225 Å². The number of carbonyl (C=O) groups excluding carboxylic acids is 1. The van der Waals surface area contributed by atoms with E-state index in [9.17, 15) is 9.90 Å². The van der Waals surface area contributed by atoms with Gasteiger partial charge in [0.15, 0.2) is 0 Å². The zero-order chi connectivity index (χ0) is 25.8. The average molecular weight is 527 g/mol. The lowest BCUT2D eigenvalue weighted by atomic mass is 9.93. The number of nitrogens with zero attached hydrogens (tertiary/aromatic N) is 2. The monoisotopic (exact) mass is 526 g/mol. The topological polar surface area (TPSA) is 62.2 Å². The Kier molecular flexibility index (Phi) is 8.71. The molecule has 0 radical (unpaired) electrons. The van der Waals surface area contributed by atoms with E-state index >= 15 is 0 Å². The van der Waals surface area contributed by atoms with Crippen molar-refractivity contribution in [3.63, 3.8) is 0 Å². The van der Waals surface area contributed by atoms with Crippen LogP contribution in [0.15, 0.2) is 42.5 Å². The molecule has 5 rings (SSSR count). The summed E-state index contributed by atoms with van der Waals surface area (Å²) in [5, 5.41) is 11.5. The molecule has 0 aromatic heterocycles. The minimum absolute atomic E-state index is 0.0459. The smallest absolute Gasteiger partial charge is 0.239 e. The zero-order valence-electron chi connectivity index (χ0n) is 21.8. The molecule has 1 N–H and O–H groups in total. The quantitative estimate of drug-likeness (QED) is 0.524. The summed E-state index contributed by atoms with van der Waals surface area (Å²) < 4.78 is 12.1. The van der Waals surface area contributed by atoms with E-state index < -0.39 is 6.10 Å². The van der Waals surface area contributed by atoms with Crippen molar-refractivity contribution in [1.82, 2.24) is 9.80 Å². The van der Waals surface area contributed by atoms with Crippen molar-refractivity contribution in [2.75, 3.05) is 32.8 Å². The Morgan fingerprint density at radius 2 is 1.86 bits per heavy atom. The van der Waals surface area contributed by atoms with Crippen LogP contribution in [0.25, 0.3) is 0 Å². The summed E-state index contributed by atoms with van der Waals surface area (Å²) in [6, 6.07) is 14.1. The first-order valence-electron chi connectivity index (χ1n) is 13.9. The van der Waals surface area contributed by atoms with E-state index in [1.165, 1.54) is 0 Å². The first-order valence-corrected chi connectivity index (χ1v) is 14.2. The van der Waals surface area contributed by atoms with E-state index in [0.717, 1.165) is 72.8 Å². The minimum Gasteiger partial charge on any atom is -0.494 e. The Bertz CT molecular complexity index is 1060. The van der Waals surface area contributed by atoms with Gasteiger partial charge in [-0.3, -0.25) is 9.69 Å². The van der Waals surface area contributed by atoms with Gasteiger partial charge in [-0.2, -0.15) is 0 Å². The molecular formula is C30H39ClN2O4. The van der Waals surface area contributed by atoms with Gasteiger partial charge in [-0.1, -0.05) is 35.9 Å². The van der Waals surface area contributed by atoms with E-state index in [-0.39, 0.29) is 24.2 Å². The van der Waals surface area contributed by atoms with Gasteiger partial charge >= 0.3 is 0 Å². The third kappa shape index (κ3) is 6.48. The molecule has 2 aromatic carbocycles. The molecule has 7 heteroatoms. The molecule has 3 saturated heterocycles. The van der Waals surface area contributed by atoms with Crippen molar-refractivity contribution < 1.29 is 19.4 Å². The summed E-state index contributed by atoms with van der Waals surface area (Å²) in [7, 11) is 0. The second kappa shape index (κ2) is 12.2. The number of amides is 1. The molecule has 2 aromatic rings. The van der Waals surface area contributed by atoms with Crippen molar-refractivity contribution in [2.45, 2.75) is 76.2 Å². The number of hydrogen-bond acceptors (Lipinski definition) is 5. The number of ether oxygens (including phenoxy) is 2. The van der Waals surface area contributed by atoms with Crippen molar-refractivity contribution in [1.29, 1.82) is 0 Å². The van der Waals surface area contributed by atoms with Gasteiger partial charge in [-0.05, 0) is 80.5 Å². The van der Waals surface area contributed by atoms with Crippen LogP contribution >= 0.6 is 11.6 Å². The molecular weight excluding hydrogens is 488 g/mol. The van der Waals surface area contributed by atoms with E-state index in [2.05, 4.69) is 23.1 Å². The predicted molar refractivity (Wildman–Crippen MR) is 145 cm³/mol. The van der Waals surface area contributed by atoms with Gasteiger partial charge in [0.1, 0.15) is 5.75 Å². The lowest BCUT2D eigenvalue weighted by molar-refractivity contribution is -0.137. The number of halogens is 1. The van der Waals surface area contributed by atoms with Crippen molar-refractivity contribution in [2.24, 2.45) is 0 Å². The molecule has 1 amide bonds. The summed E-state index contributed by atoms with van der Waals surface area (Å²) >= 11 is 6.58. The molecule has 0 saturated carbocycles. The van der Waals surface area contributed by atoms with Crippen LogP contribution in [-0.4, -0.2) is 71.8 Å². The molecule has 200 valence electrons. The molecule has 0 aliphatic carbocycles. The van der Waals surface area contributed by atoms with Gasteiger partial charge in [0.2, 0.25) is 5.91 Å². The molecule has 0 spiro atoms. The Morgan fingerprint density at radius 3 is 2.62 bits per heavy atom. The maximum Gasteiger partial charge on any atom is 0.239 e. The van der Waals surface area contributed by atoms with Crippen LogP contribution in [0, 0.1) is 0 Å². The van der Waals surface area contributed by atoms with Gasteiger partial charge in [0.25, 0.3) is 0 Å². The normalized spacial score (nSPS) is 26.5. The van der Waals surface area contributed by atoms with E-state index in [0.29, 0.717) is 32.4 Å². The van der Waals surface area contributed by atoms with Crippen LogP contribution in [0.5, 0.6) is 5.75 Å². The standard InChI is InChI=1S/C30H39ClN2O4/c1-2-36-25-10-7-21(8-11-25)16-23-17-22(9-12-27(23)31)29-19-24(34)18-26(37-29)20-33-15-5-6-28(33)30(35)32-13-3-4-14-32/h7-12,17,24,26,28-29,34H,2-6,13-16,18-20H2,1H3/t24-,26-,28-,29+/m0/s1. The summed E-state index contributed by atoms with van der Waals surface area (Å²) in [6.07, 6.45) is 5.33. The fourth-order valence-corrected chi connectivity index (χ4v) is 6.26. The lowest BCUT2D eigenvalue weighted by Gasteiger charge is -2.37. The average Bonchev–Trinajstić information content (AvgIpc) is 3.59. The summed E-state index contributed by atoms with van der Waals surface area (Å²) in [5.74, 6) is 1.14. The summed E-state index contributed by atoms with van der Waals surface area (Å²) in [6.45, 7) is 6.00. The fraction of sp³-hybridized carbons (Fsp3) is 0.567. The molecule has 3 aliphatic rings. The molecule has 4 atom stereocenters.